The van der Waals surface area contributed by atoms with Crippen LogP contribution >= 0.6 is 0 Å². The topological polar surface area (TPSA) is 71.3 Å². The Hall–Kier alpha value is -1.69. The van der Waals surface area contributed by atoms with Gasteiger partial charge in [-0.2, -0.15) is 0 Å². The minimum absolute atomic E-state index is 0.0769. The molecule has 6 nitrogen and oxygen atoms in total. The molecule has 0 saturated carbocycles. The molecule has 1 aromatic rings. The second-order valence-corrected chi connectivity index (χ2v) is 5.30. The van der Waals surface area contributed by atoms with E-state index in [0.717, 1.165) is 32.5 Å². The minimum atomic E-state index is -0.368. The fourth-order valence-electron chi connectivity index (χ4n) is 2.35. The number of rotatable bonds is 9. The number of nitrogens with zero attached hydrogens (tertiary/aromatic N) is 3. The van der Waals surface area contributed by atoms with Crippen molar-refractivity contribution >= 4 is 11.5 Å². The van der Waals surface area contributed by atoms with E-state index in [2.05, 4.69) is 29.0 Å². The largest absolute Gasteiger partial charge is 0.362 e. The number of nitro groups is 1. The molecule has 0 bridgehead atoms. The number of aryl methyl sites for hydroxylation is 1. The first-order chi connectivity index (χ1) is 9.99. The van der Waals surface area contributed by atoms with Crippen molar-refractivity contribution in [3.05, 3.63) is 27.9 Å². The zero-order chi connectivity index (χ0) is 15.8. The van der Waals surface area contributed by atoms with Crippen LogP contribution in [0.15, 0.2) is 12.3 Å². The predicted octanol–water partition coefficient (Wildman–Crippen LogP) is 3.22. The first kappa shape index (κ1) is 17.4. The third-order valence-electron chi connectivity index (χ3n) is 3.70. The number of hydrogen-bond acceptors (Lipinski definition) is 5. The Labute approximate surface area is 126 Å². The van der Waals surface area contributed by atoms with Gasteiger partial charge in [-0.3, -0.25) is 10.1 Å². The van der Waals surface area contributed by atoms with Gasteiger partial charge in [0.1, 0.15) is 0 Å². The highest BCUT2D eigenvalue weighted by molar-refractivity contribution is 5.60. The van der Waals surface area contributed by atoms with Crippen molar-refractivity contribution in [1.29, 1.82) is 0 Å². The summed E-state index contributed by atoms with van der Waals surface area (Å²) in [5, 5.41) is 14.3. The number of hydrogen-bond donors (Lipinski definition) is 1. The number of nitrogens with one attached hydrogen (secondary N) is 1. The predicted molar refractivity (Wildman–Crippen MR) is 85.7 cm³/mol. The van der Waals surface area contributed by atoms with Crippen LogP contribution in [-0.2, 0) is 0 Å². The lowest BCUT2D eigenvalue weighted by atomic mass is 10.1. The highest BCUT2D eigenvalue weighted by atomic mass is 16.6. The molecule has 1 N–H and O–H groups in total. The third-order valence-corrected chi connectivity index (χ3v) is 3.70. The summed E-state index contributed by atoms with van der Waals surface area (Å²) in [6, 6.07) is 1.82. The van der Waals surface area contributed by atoms with Gasteiger partial charge in [0.15, 0.2) is 0 Å². The van der Waals surface area contributed by atoms with E-state index >= 15 is 0 Å². The lowest BCUT2D eigenvalue weighted by molar-refractivity contribution is -0.384. The summed E-state index contributed by atoms with van der Waals surface area (Å²) in [4.78, 5) is 17.2. The number of anilines is 1. The fraction of sp³-hybridized carbons (Fsp3) is 0.667. The van der Waals surface area contributed by atoms with Gasteiger partial charge in [-0.1, -0.05) is 13.8 Å². The average Bonchev–Trinajstić information content (AvgIpc) is 2.43. The van der Waals surface area contributed by atoms with Crippen LogP contribution in [0, 0.1) is 17.0 Å². The molecule has 0 aliphatic heterocycles. The molecule has 0 aliphatic rings. The van der Waals surface area contributed by atoms with Crippen LogP contribution in [0.2, 0.25) is 0 Å². The van der Waals surface area contributed by atoms with Gasteiger partial charge in [0, 0.05) is 17.8 Å². The lowest BCUT2D eigenvalue weighted by Gasteiger charge is -2.20. The molecule has 1 rings (SSSR count). The monoisotopic (exact) mass is 294 g/mol. The van der Waals surface area contributed by atoms with E-state index in [0.29, 0.717) is 11.4 Å². The van der Waals surface area contributed by atoms with Gasteiger partial charge in [-0.15, -0.1) is 0 Å². The first-order valence-corrected chi connectivity index (χ1v) is 7.58. The second kappa shape index (κ2) is 8.56. The van der Waals surface area contributed by atoms with Crippen LogP contribution in [0.4, 0.5) is 11.5 Å². The molecule has 0 aliphatic carbocycles. The summed E-state index contributed by atoms with van der Waals surface area (Å²) in [7, 11) is 0. The average molecular weight is 294 g/mol. The van der Waals surface area contributed by atoms with Gasteiger partial charge in [-0.05, 0) is 52.4 Å². The molecule has 0 aromatic carbocycles. The van der Waals surface area contributed by atoms with Crippen LogP contribution in [0.25, 0.3) is 0 Å². The SMILES string of the molecule is CCN(CC)CCCC(C)Nc1nccc(C)c1[N+](=O)[O-]. The molecule has 0 radical (unpaired) electrons. The molecular formula is C15H26N4O2. The quantitative estimate of drug-likeness (QED) is 0.559. The maximum atomic E-state index is 11.1. The number of aromatic nitrogens is 1. The molecule has 118 valence electrons. The molecule has 0 fully saturated rings. The van der Waals surface area contributed by atoms with Crippen LogP contribution in [0.5, 0.6) is 0 Å². The van der Waals surface area contributed by atoms with E-state index < -0.39 is 0 Å². The van der Waals surface area contributed by atoms with Crippen molar-refractivity contribution in [3.8, 4) is 0 Å². The molecule has 21 heavy (non-hydrogen) atoms. The van der Waals surface area contributed by atoms with E-state index in [1.807, 2.05) is 6.92 Å². The van der Waals surface area contributed by atoms with Crippen LogP contribution in [0.1, 0.15) is 39.2 Å². The maximum absolute atomic E-state index is 11.1. The Bertz CT molecular complexity index is 461. The van der Waals surface area contributed by atoms with Crippen LogP contribution in [-0.4, -0.2) is 40.5 Å². The van der Waals surface area contributed by atoms with E-state index in [-0.39, 0.29) is 16.7 Å². The molecular weight excluding hydrogens is 268 g/mol. The zero-order valence-corrected chi connectivity index (χ0v) is 13.4. The van der Waals surface area contributed by atoms with Crippen molar-refractivity contribution in [2.45, 2.75) is 46.6 Å². The summed E-state index contributed by atoms with van der Waals surface area (Å²) < 4.78 is 0. The second-order valence-electron chi connectivity index (χ2n) is 5.30. The van der Waals surface area contributed by atoms with Crippen molar-refractivity contribution < 1.29 is 4.92 Å². The van der Waals surface area contributed by atoms with Crippen molar-refractivity contribution in [1.82, 2.24) is 9.88 Å². The summed E-state index contributed by atoms with van der Waals surface area (Å²) in [6.07, 6.45) is 3.63. The summed E-state index contributed by atoms with van der Waals surface area (Å²) in [6.45, 7) is 11.3. The van der Waals surface area contributed by atoms with E-state index in [1.165, 1.54) is 0 Å². The van der Waals surface area contributed by atoms with Gasteiger partial charge in [0.25, 0.3) is 0 Å². The van der Waals surface area contributed by atoms with Gasteiger partial charge in [0.2, 0.25) is 5.82 Å². The Morgan fingerprint density at radius 2 is 2.10 bits per heavy atom. The van der Waals surface area contributed by atoms with Gasteiger partial charge in [-0.25, -0.2) is 4.98 Å². The molecule has 1 unspecified atom stereocenters. The molecule has 0 amide bonds. The lowest BCUT2D eigenvalue weighted by Crippen LogP contribution is -2.26. The smallest absolute Gasteiger partial charge is 0.314 e. The van der Waals surface area contributed by atoms with E-state index in [9.17, 15) is 10.1 Å². The molecule has 0 saturated heterocycles. The first-order valence-electron chi connectivity index (χ1n) is 7.58. The van der Waals surface area contributed by atoms with E-state index in [1.54, 1.807) is 19.2 Å². The molecule has 1 heterocycles. The Balaban J connectivity index is 2.57. The van der Waals surface area contributed by atoms with Crippen molar-refractivity contribution in [2.75, 3.05) is 25.0 Å². The van der Waals surface area contributed by atoms with Gasteiger partial charge in [0.05, 0.1) is 4.92 Å². The fourth-order valence-corrected chi connectivity index (χ4v) is 2.35. The van der Waals surface area contributed by atoms with Crippen LogP contribution in [0.3, 0.4) is 0 Å². The molecule has 1 atom stereocenters. The molecule has 6 heteroatoms. The summed E-state index contributed by atoms with van der Waals surface area (Å²) in [5.41, 5.74) is 0.709. The Kier molecular flexibility index (Phi) is 7.08. The van der Waals surface area contributed by atoms with Gasteiger partial charge < -0.3 is 10.2 Å². The van der Waals surface area contributed by atoms with E-state index in [4.69, 9.17) is 0 Å². The number of pyridine rings is 1. The Morgan fingerprint density at radius 1 is 1.43 bits per heavy atom. The van der Waals surface area contributed by atoms with Gasteiger partial charge >= 0.3 is 5.69 Å². The highest BCUT2D eigenvalue weighted by Gasteiger charge is 2.19. The third kappa shape index (κ3) is 5.30. The zero-order valence-electron chi connectivity index (χ0n) is 13.4. The maximum Gasteiger partial charge on any atom is 0.314 e. The summed E-state index contributed by atoms with van der Waals surface area (Å²) >= 11 is 0. The molecule has 1 aromatic heterocycles. The highest BCUT2D eigenvalue weighted by Crippen LogP contribution is 2.26. The molecule has 0 spiro atoms. The van der Waals surface area contributed by atoms with Crippen molar-refractivity contribution in [3.63, 3.8) is 0 Å². The standard InChI is InChI=1S/C15H26N4O2/c1-5-18(6-2)11-7-8-13(4)17-15-14(19(20)21)12(3)9-10-16-15/h9-10,13H,5-8,11H2,1-4H3,(H,16,17). The summed E-state index contributed by atoms with van der Waals surface area (Å²) in [5.74, 6) is 0.371. The van der Waals surface area contributed by atoms with Crippen LogP contribution < -0.4 is 5.32 Å². The normalized spacial score (nSPS) is 12.4. The van der Waals surface area contributed by atoms with Crippen molar-refractivity contribution in [2.24, 2.45) is 0 Å². The minimum Gasteiger partial charge on any atom is -0.362 e. The Morgan fingerprint density at radius 3 is 2.67 bits per heavy atom.